The van der Waals surface area contributed by atoms with Crippen molar-refractivity contribution in [3.63, 3.8) is 0 Å². The average molecular weight is 298 g/mol. The summed E-state index contributed by atoms with van der Waals surface area (Å²) in [6.07, 6.45) is 6.65. The molecule has 4 N–H and O–H groups in total. The fourth-order valence-electron chi connectivity index (χ4n) is 1.76. The standard InChI is InChI=1S/C13H22N4O4/c1-13(21,8-11(18)19)9-16-12(20)15-4-2-3-6-17-7-5-14-10-17/h5,7,10,21H,2-4,6,8-9H2,1H3,(H,18,19)(H2,15,16,20). The molecule has 118 valence electrons. The summed E-state index contributed by atoms with van der Waals surface area (Å²) < 4.78 is 1.96. The Kier molecular flexibility index (Phi) is 6.67. The molecule has 1 heterocycles. The van der Waals surface area contributed by atoms with Crippen LogP contribution in [-0.2, 0) is 11.3 Å². The molecule has 0 spiro atoms. The van der Waals surface area contributed by atoms with Crippen molar-refractivity contribution in [1.29, 1.82) is 0 Å². The Bertz CT molecular complexity index is 445. The SMILES string of the molecule is CC(O)(CNC(=O)NCCCCn1ccnc1)CC(=O)O. The molecule has 1 aromatic rings. The van der Waals surface area contributed by atoms with Crippen LogP contribution in [0.3, 0.4) is 0 Å². The summed E-state index contributed by atoms with van der Waals surface area (Å²) in [5.41, 5.74) is -1.45. The zero-order chi connectivity index (χ0) is 15.7. The number of amides is 2. The first kappa shape index (κ1) is 17.0. The van der Waals surface area contributed by atoms with Crippen molar-refractivity contribution in [2.75, 3.05) is 13.1 Å². The van der Waals surface area contributed by atoms with E-state index in [1.807, 2.05) is 10.8 Å². The van der Waals surface area contributed by atoms with Gasteiger partial charge in [0.1, 0.15) is 0 Å². The van der Waals surface area contributed by atoms with E-state index in [1.54, 1.807) is 12.5 Å². The number of aliphatic carboxylic acids is 1. The Labute approximate surface area is 123 Å². The van der Waals surface area contributed by atoms with Crippen molar-refractivity contribution in [3.05, 3.63) is 18.7 Å². The monoisotopic (exact) mass is 298 g/mol. The van der Waals surface area contributed by atoms with Crippen LogP contribution in [0.2, 0.25) is 0 Å². The molecular weight excluding hydrogens is 276 g/mol. The Morgan fingerprint density at radius 3 is 2.71 bits per heavy atom. The maximum atomic E-state index is 11.5. The summed E-state index contributed by atoms with van der Waals surface area (Å²) in [5, 5.41) is 23.4. The van der Waals surface area contributed by atoms with Crippen molar-refractivity contribution in [3.8, 4) is 0 Å². The van der Waals surface area contributed by atoms with Gasteiger partial charge in [0.2, 0.25) is 0 Å². The summed E-state index contributed by atoms with van der Waals surface area (Å²) >= 11 is 0. The van der Waals surface area contributed by atoms with E-state index in [0.29, 0.717) is 6.54 Å². The summed E-state index contributed by atoms with van der Waals surface area (Å²) in [6.45, 7) is 2.62. The van der Waals surface area contributed by atoms with E-state index in [9.17, 15) is 14.7 Å². The fraction of sp³-hybridized carbons (Fsp3) is 0.615. The third kappa shape index (κ3) is 7.93. The number of carbonyl (C=O) groups is 2. The van der Waals surface area contributed by atoms with Gasteiger partial charge in [0.15, 0.2) is 0 Å². The number of nitrogens with zero attached hydrogens (tertiary/aromatic N) is 2. The second-order valence-electron chi connectivity index (χ2n) is 5.18. The Morgan fingerprint density at radius 2 is 2.10 bits per heavy atom. The predicted octanol–water partition coefficient (Wildman–Crippen LogP) is 0.188. The molecule has 8 heteroatoms. The first-order valence-corrected chi connectivity index (χ1v) is 6.81. The number of hydrogen-bond donors (Lipinski definition) is 4. The predicted molar refractivity (Wildman–Crippen MR) is 75.7 cm³/mol. The summed E-state index contributed by atoms with van der Waals surface area (Å²) in [4.78, 5) is 25.9. The van der Waals surface area contributed by atoms with Crippen LogP contribution in [0.15, 0.2) is 18.7 Å². The number of urea groups is 1. The van der Waals surface area contributed by atoms with Gasteiger partial charge in [-0.3, -0.25) is 4.79 Å². The topological polar surface area (TPSA) is 116 Å². The van der Waals surface area contributed by atoms with Gasteiger partial charge in [-0.05, 0) is 19.8 Å². The van der Waals surface area contributed by atoms with Crippen LogP contribution in [0, 0.1) is 0 Å². The zero-order valence-corrected chi connectivity index (χ0v) is 12.1. The molecule has 0 saturated heterocycles. The van der Waals surface area contributed by atoms with Crippen LogP contribution in [0.1, 0.15) is 26.2 Å². The van der Waals surface area contributed by atoms with Crippen LogP contribution in [0.5, 0.6) is 0 Å². The van der Waals surface area contributed by atoms with Crippen LogP contribution < -0.4 is 10.6 Å². The number of aliphatic hydroxyl groups is 1. The number of imidazole rings is 1. The van der Waals surface area contributed by atoms with Crippen molar-refractivity contribution in [1.82, 2.24) is 20.2 Å². The van der Waals surface area contributed by atoms with E-state index in [1.165, 1.54) is 6.92 Å². The van der Waals surface area contributed by atoms with E-state index in [2.05, 4.69) is 15.6 Å². The highest BCUT2D eigenvalue weighted by atomic mass is 16.4. The van der Waals surface area contributed by atoms with E-state index >= 15 is 0 Å². The van der Waals surface area contributed by atoms with E-state index in [-0.39, 0.29) is 6.54 Å². The van der Waals surface area contributed by atoms with Crippen LogP contribution in [0.25, 0.3) is 0 Å². The molecule has 0 aliphatic carbocycles. The molecule has 1 rings (SSSR count). The van der Waals surface area contributed by atoms with Gasteiger partial charge in [-0.1, -0.05) is 0 Å². The lowest BCUT2D eigenvalue weighted by Gasteiger charge is -2.21. The molecule has 1 unspecified atom stereocenters. The maximum Gasteiger partial charge on any atom is 0.314 e. The van der Waals surface area contributed by atoms with Crippen LogP contribution >= 0.6 is 0 Å². The van der Waals surface area contributed by atoms with E-state index in [4.69, 9.17) is 5.11 Å². The number of rotatable bonds is 9. The van der Waals surface area contributed by atoms with Gasteiger partial charge in [0.05, 0.1) is 18.3 Å². The van der Waals surface area contributed by atoms with Crippen molar-refractivity contribution in [2.24, 2.45) is 0 Å². The Morgan fingerprint density at radius 1 is 1.33 bits per heavy atom. The second kappa shape index (κ2) is 8.25. The number of unbranched alkanes of at least 4 members (excludes halogenated alkanes) is 1. The molecule has 0 aromatic carbocycles. The third-order valence-corrected chi connectivity index (χ3v) is 2.85. The number of aryl methyl sites for hydroxylation is 1. The zero-order valence-electron chi connectivity index (χ0n) is 12.1. The minimum atomic E-state index is -1.45. The summed E-state index contributed by atoms with van der Waals surface area (Å²) in [5.74, 6) is -1.11. The average Bonchev–Trinajstić information content (AvgIpc) is 2.88. The highest BCUT2D eigenvalue weighted by Gasteiger charge is 2.24. The quantitative estimate of drug-likeness (QED) is 0.486. The highest BCUT2D eigenvalue weighted by Crippen LogP contribution is 2.07. The Balaban J connectivity index is 2.07. The van der Waals surface area contributed by atoms with Crippen molar-refractivity contribution >= 4 is 12.0 Å². The molecule has 1 atom stereocenters. The maximum absolute atomic E-state index is 11.5. The molecule has 21 heavy (non-hydrogen) atoms. The molecular formula is C13H22N4O4. The van der Waals surface area contributed by atoms with Gasteiger partial charge >= 0.3 is 12.0 Å². The fourth-order valence-corrected chi connectivity index (χ4v) is 1.76. The molecule has 0 saturated carbocycles. The molecule has 0 aliphatic heterocycles. The lowest BCUT2D eigenvalue weighted by atomic mass is 10.0. The van der Waals surface area contributed by atoms with Gasteiger partial charge in [-0.25, -0.2) is 9.78 Å². The number of hydrogen-bond acceptors (Lipinski definition) is 4. The largest absolute Gasteiger partial charge is 0.481 e. The first-order chi connectivity index (χ1) is 9.89. The van der Waals surface area contributed by atoms with Crippen LogP contribution in [0.4, 0.5) is 4.79 Å². The van der Waals surface area contributed by atoms with Gasteiger partial charge in [0.25, 0.3) is 0 Å². The van der Waals surface area contributed by atoms with Gasteiger partial charge in [-0.15, -0.1) is 0 Å². The number of carbonyl (C=O) groups excluding carboxylic acids is 1. The van der Waals surface area contributed by atoms with Crippen molar-refractivity contribution < 1.29 is 19.8 Å². The lowest BCUT2D eigenvalue weighted by Crippen LogP contribution is -2.46. The van der Waals surface area contributed by atoms with Gasteiger partial charge < -0.3 is 25.4 Å². The molecule has 8 nitrogen and oxygen atoms in total. The van der Waals surface area contributed by atoms with E-state index < -0.39 is 24.0 Å². The normalized spacial score (nSPS) is 13.4. The number of nitrogens with one attached hydrogen (secondary N) is 2. The van der Waals surface area contributed by atoms with E-state index in [0.717, 1.165) is 19.4 Å². The highest BCUT2D eigenvalue weighted by molar-refractivity contribution is 5.74. The Hall–Kier alpha value is -2.09. The second-order valence-corrected chi connectivity index (χ2v) is 5.18. The summed E-state index contributed by atoms with van der Waals surface area (Å²) in [7, 11) is 0. The van der Waals surface area contributed by atoms with Gasteiger partial charge in [-0.2, -0.15) is 0 Å². The first-order valence-electron chi connectivity index (χ1n) is 6.81. The molecule has 2 amide bonds. The molecule has 0 radical (unpaired) electrons. The lowest BCUT2D eigenvalue weighted by molar-refractivity contribution is -0.141. The molecule has 0 bridgehead atoms. The molecule has 1 aromatic heterocycles. The van der Waals surface area contributed by atoms with Gasteiger partial charge in [0, 0.05) is 32.0 Å². The summed E-state index contributed by atoms with van der Waals surface area (Å²) in [6, 6.07) is -0.414. The number of carboxylic acid groups (broad SMARTS) is 1. The van der Waals surface area contributed by atoms with Crippen LogP contribution in [-0.4, -0.2) is 50.5 Å². The molecule has 0 fully saturated rings. The minimum Gasteiger partial charge on any atom is -0.481 e. The van der Waals surface area contributed by atoms with Crippen molar-refractivity contribution in [2.45, 2.75) is 38.3 Å². The molecule has 0 aliphatic rings. The number of aromatic nitrogens is 2. The minimum absolute atomic E-state index is 0.111. The smallest absolute Gasteiger partial charge is 0.314 e. The number of carboxylic acids is 1. The third-order valence-electron chi connectivity index (χ3n) is 2.85.